The summed E-state index contributed by atoms with van der Waals surface area (Å²) < 4.78 is 50.8. The number of nitrogen functional groups attached to an aromatic ring is 1. The Balaban J connectivity index is 1.76. The number of hydrogen-bond acceptors (Lipinski definition) is 10. The van der Waals surface area contributed by atoms with Crippen LogP contribution >= 0.6 is 7.52 Å². The summed E-state index contributed by atoms with van der Waals surface area (Å²) in [5.74, 6) is -0.759. The first kappa shape index (κ1) is 27.5. The summed E-state index contributed by atoms with van der Waals surface area (Å²) in [7, 11) is -2.49. The van der Waals surface area contributed by atoms with Gasteiger partial charge in [0.2, 0.25) is 0 Å². The van der Waals surface area contributed by atoms with Gasteiger partial charge in [-0.2, -0.15) is 0 Å². The van der Waals surface area contributed by atoms with Gasteiger partial charge in [-0.1, -0.05) is 0 Å². The Hall–Kier alpha value is -3.12. The minimum atomic E-state index is -3.89. The van der Waals surface area contributed by atoms with Crippen LogP contribution < -0.4 is 15.3 Å². The molecule has 196 valence electrons. The zero-order valence-electron chi connectivity index (χ0n) is 20.5. The number of hydrogen-bond donors (Lipinski definition) is 2. The Kier molecular flexibility index (Phi) is 9.32. The molecule has 0 saturated carbocycles. The number of nitrogens with one attached hydrogen (secondary N) is 1. The summed E-state index contributed by atoms with van der Waals surface area (Å²) in [6.07, 6.45) is 1.61. The highest BCUT2D eigenvalue weighted by Gasteiger charge is 2.34. The van der Waals surface area contributed by atoms with E-state index in [1.54, 1.807) is 31.7 Å². The summed E-state index contributed by atoms with van der Waals surface area (Å²) in [6, 6.07) is 3.89. The van der Waals surface area contributed by atoms with E-state index in [0.29, 0.717) is 17.7 Å². The highest BCUT2D eigenvalue weighted by molar-refractivity contribution is 7.57. The zero-order valence-corrected chi connectivity index (χ0v) is 21.4. The van der Waals surface area contributed by atoms with Crippen molar-refractivity contribution in [3.8, 4) is 5.75 Å². The third kappa shape index (κ3) is 7.44. The number of imidazole rings is 1. The van der Waals surface area contributed by atoms with E-state index in [1.807, 2.05) is 0 Å². The van der Waals surface area contributed by atoms with Crippen molar-refractivity contribution in [3.05, 3.63) is 42.7 Å². The van der Waals surface area contributed by atoms with Crippen LogP contribution in [0.5, 0.6) is 5.75 Å². The highest BCUT2D eigenvalue weighted by Crippen LogP contribution is 2.44. The Labute approximate surface area is 207 Å². The van der Waals surface area contributed by atoms with Crippen molar-refractivity contribution in [2.45, 2.75) is 45.6 Å². The fraction of sp³-hybridized carbons (Fsp3) is 0.455. The lowest BCUT2D eigenvalue weighted by atomic mass is 10.3. The lowest BCUT2D eigenvalue weighted by molar-refractivity contribution is -0.150. The number of nitrogens with zero attached hydrogens (tertiary/aromatic N) is 4. The number of esters is 1. The predicted octanol–water partition coefficient (Wildman–Crippen LogP) is 2.74. The molecule has 3 rings (SSSR count). The van der Waals surface area contributed by atoms with Crippen molar-refractivity contribution in [1.29, 1.82) is 0 Å². The van der Waals surface area contributed by atoms with Gasteiger partial charge in [-0.05, 0) is 45.0 Å². The smallest absolute Gasteiger partial charge is 0.342 e. The first-order valence-corrected chi connectivity index (χ1v) is 13.0. The van der Waals surface area contributed by atoms with Crippen LogP contribution in [-0.4, -0.2) is 63.8 Å². The molecule has 36 heavy (non-hydrogen) atoms. The van der Waals surface area contributed by atoms with Crippen LogP contribution in [0.15, 0.2) is 36.9 Å². The number of ether oxygens (including phenoxy) is 3. The molecule has 0 radical (unpaired) electrons. The number of rotatable bonds is 13. The molecule has 0 bridgehead atoms. The molecule has 12 nitrogen and oxygen atoms in total. The Bertz CT molecular complexity index is 1210. The van der Waals surface area contributed by atoms with Gasteiger partial charge in [0.15, 0.2) is 11.5 Å². The number of methoxy groups -OCH3 is 1. The maximum atomic E-state index is 13.8. The highest BCUT2D eigenvalue weighted by atomic mass is 31.2. The molecule has 0 spiro atoms. The maximum absolute atomic E-state index is 13.8. The van der Waals surface area contributed by atoms with Crippen LogP contribution in [0.2, 0.25) is 0 Å². The number of anilines is 1. The number of nitrogens with two attached hydrogens (primary N) is 1. The minimum absolute atomic E-state index is 0.125. The molecule has 14 heteroatoms. The molecule has 0 saturated heterocycles. The summed E-state index contributed by atoms with van der Waals surface area (Å²) in [5.41, 5.74) is 6.82. The van der Waals surface area contributed by atoms with Gasteiger partial charge in [-0.25, -0.2) is 24.4 Å². The standard InChI is InChI=1S/C22H30FN6O6P/c1-14(2)34-22(30)18(10-32-4)28-36(31,35-17-7-5-16(23)6-8-17)13-33-15(3)9-29-12-27-19-20(24)25-11-26-21(19)29/h5-8,11-12,14-15,18H,9-10,13H2,1-4H3,(H,28,31)(H2,24,25,26)/t15-,18?,36?/m1/s1. The topological polar surface area (TPSA) is 153 Å². The van der Waals surface area contributed by atoms with Crippen LogP contribution in [0, 0.1) is 5.82 Å². The van der Waals surface area contributed by atoms with E-state index in [-0.39, 0.29) is 18.2 Å². The lowest BCUT2D eigenvalue weighted by Gasteiger charge is -2.26. The minimum Gasteiger partial charge on any atom is -0.462 e. The van der Waals surface area contributed by atoms with Crippen LogP contribution in [0.25, 0.3) is 11.2 Å². The number of benzene rings is 1. The fourth-order valence-electron chi connectivity index (χ4n) is 3.22. The van der Waals surface area contributed by atoms with Gasteiger partial charge < -0.3 is 29.0 Å². The van der Waals surface area contributed by atoms with Gasteiger partial charge in [0.1, 0.15) is 35.8 Å². The van der Waals surface area contributed by atoms with Gasteiger partial charge in [-0.3, -0.25) is 9.36 Å². The third-order valence-electron chi connectivity index (χ3n) is 4.80. The molecule has 0 aliphatic heterocycles. The van der Waals surface area contributed by atoms with Crippen LogP contribution in [0.3, 0.4) is 0 Å². The molecule has 0 amide bonds. The van der Waals surface area contributed by atoms with E-state index < -0.39 is 43.9 Å². The second kappa shape index (κ2) is 12.2. The second-order valence-corrected chi connectivity index (χ2v) is 10.3. The van der Waals surface area contributed by atoms with Gasteiger partial charge in [0, 0.05) is 7.11 Å². The molecular formula is C22H30FN6O6P. The Morgan fingerprint density at radius 2 is 1.92 bits per heavy atom. The van der Waals surface area contributed by atoms with E-state index in [9.17, 15) is 13.8 Å². The number of fused-ring (bicyclic) bond motifs is 1. The largest absolute Gasteiger partial charge is 0.462 e. The molecule has 0 aliphatic carbocycles. The maximum Gasteiger partial charge on any atom is 0.342 e. The lowest BCUT2D eigenvalue weighted by Crippen LogP contribution is -2.42. The van der Waals surface area contributed by atoms with Gasteiger partial charge in [0.05, 0.1) is 31.7 Å². The molecule has 3 aromatic rings. The van der Waals surface area contributed by atoms with E-state index in [0.717, 1.165) is 0 Å². The third-order valence-corrected chi connectivity index (χ3v) is 6.50. The van der Waals surface area contributed by atoms with Gasteiger partial charge >= 0.3 is 13.5 Å². The Morgan fingerprint density at radius 3 is 2.58 bits per heavy atom. The monoisotopic (exact) mass is 524 g/mol. The molecule has 3 N–H and O–H groups in total. The van der Waals surface area contributed by atoms with Crippen LogP contribution in [0.4, 0.5) is 10.2 Å². The average molecular weight is 524 g/mol. The fourth-order valence-corrected chi connectivity index (χ4v) is 4.97. The molecule has 0 aliphatic rings. The Morgan fingerprint density at radius 1 is 1.19 bits per heavy atom. The van der Waals surface area contributed by atoms with E-state index in [1.165, 1.54) is 37.7 Å². The summed E-state index contributed by atoms with van der Waals surface area (Å²) in [5, 5.41) is 2.71. The molecule has 2 heterocycles. The van der Waals surface area contributed by atoms with Crippen molar-refractivity contribution < 1.29 is 32.5 Å². The van der Waals surface area contributed by atoms with E-state index in [4.69, 9.17) is 24.5 Å². The summed E-state index contributed by atoms with van der Waals surface area (Å²) in [4.78, 5) is 24.9. The van der Waals surface area contributed by atoms with Crippen LogP contribution in [0.1, 0.15) is 20.8 Å². The number of aromatic nitrogens is 4. The number of carbonyl (C=O) groups is 1. The van der Waals surface area contributed by atoms with Crippen molar-refractivity contribution in [3.63, 3.8) is 0 Å². The number of halogens is 1. The quantitative estimate of drug-likeness (QED) is 0.251. The number of carbonyl (C=O) groups excluding carboxylic acids is 1. The van der Waals surface area contributed by atoms with Crippen LogP contribution in [-0.2, 0) is 30.1 Å². The molecule has 0 fully saturated rings. The molecule has 3 atom stereocenters. The average Bonchev–Trinajstić information content (AvgIpc) is 3.23. The first-order valence-electron chi connectivity index (χ1n) is 11.1. The molecule has 1 aromatic carbocycles. The van der Waals surface area contributed by atoms with Gasteiger partial charge in [-0.15, -0.1) is 0 Å². The zero-order chi connectivity index (χ0) is 26.3. The SMILES string of the molecule is COCC(NP(=O)(CO[C@H](C)Cn1cnc2c(N)ncnc21)Oc1ccc(F)cc1)C(=O)OC(C)C. The van der Waals surface area contributed by atoms with E-state index >= 15 is 0 Å². The molecule has 2 unspecified atom stereocenters. The predicted molar refractivity (Wildman–Crippen MR) is 130 cm³/mol. The first-order chi connectivity index (χ1) is 17.1. The van der Waals surface area contributed by atoms with Crippen molar-refractivity contribution in [2.24, 2.45) is 0 Å². The van der Waals surface area contributed by atoms with E-state index in [2.05, 4.69) is 20.0 Å². The summed E-state index contributed by atoms with van der Waals surface area (Å²) >= 11 is 0. The van der Waals surface area contributed by atoms with Crippen molar-refractivity contribution >= 4 is 30.5 Å². The van der Waals surface area contributed by atoms with Crippen molar-refractivity contribution in [1.82, 2.24) is 24.6 Å². The molecule has 2 aromatic heterocycles. The second-order valence-electron chi connectivity index (χ2n) is 8.28. The van der Waals surface area contributed by atoms with Crippen molar-refractivity contribution in [2.75, 3.05) is 25.8 Å². The normalized spacial score (nSPS) is 14.9. The molecular weight excluding hydrogens is 494 g/mol. The summed E-state index contributed by atoms with van der Waals surface area (Å²) in [6.45, 7) is 5.33. The van der Waals surface area contributed by atoms with Gasteiger partial charge in [0.25, 0.3) is 0 Å².